The first-order valence-corrected chi connectivity index (χ1v) is 4.45. The lowest BCUT2D eigenvalue weighted by Gasteiger charge is -1.97. The normalized spacial score (nSPS) is 10.3. The van der Waals surface area contributed by atoms with Crippen LogP contribution in [-0.4, -0.2) is 25.5 Å². The molecule has 2 heterocycles. The first-order chi connectivity index (χ1) is 7.15. The molecule has 15 heavy (non-hydrogen) atoms. The molecule has 0 aliphatic heterocycles. The summed E-state index contributed by atoms with van der Waals surface area (Å²) >= 11 is 0. The Balaban J connectivity index is 2.10. The van der Waals surface area contributed by atoms with Gasteiger partial charge in [-0.25, -0.2) is 0 Å². The third-order valence-corrected chi connectivity index (χ3v) is 1.92. The van der Waals surface area contributed by atoms with Crippen molar-refractivity contribution in [2.75, 3.05) is 5.32 Å². The lowest BCUT2D eigenvalue weighted by molar-refractivity contribution is 0.102. The van der Waals surface area contributed by atoms with Crippen LogP contribution in [0.1, 0.15) is 10.4 Å². The van der Waals surface area contributed by atoms with Crippen molar-refractivity contribution in [3.05, 3.63) is 30.2 Å². The van der Waals surface area contributed by atoms with E-state index < -0.39 is 0 Å². The summed E-state index contributed by atoms with van der Waals surface area (Å²) in [4.78, 5) is 11.6. The molecule has 0 aliphatic rings. The third kappa shape index (κ3) is 2.04. The minimum atomic E-state index is -0.207. The lowest BCUT2D eigenvalue weighted by atomic mass is 10.3. The quantitative estimate of drug-likeness (QED) is 0.772. The molecule has 0 bridgehead atoms. The van der Waals surface area contributed by atoms with E-state index in [1.807, 2.05) is 0 Å². The van der Waals surface area contributed by atoms with Crippen molar-refractivity contribution in [2.24, 2.45) is 14.1 Å². The summed E-state index contributed by atoms with van der Waals surface area (Å²) in [5.74, 6) is 0.327. The molecule has 2 rings (SSSR count). The molecule has 0 spiro atoms. The molecule has 6 nitrogen and oxygen atoms in total. The highest BCUT2D eigenvalue weighted by atomic mass is 16.1. The number of aromatic nitrogens is 4. The maximum atomic E-state index is 11.6. The van der Waals surface area contributed by atoms with Gasteiger partial charge in [-0.3, -0.25) is 14.2 Å². The second kappa shape index (κ2) is 3.56. The van der Waals surface area contributed by atoms with E-state index in [0.29, 0.717) is 11.4 Å². The van der Waals surface area contributed by atoms with Crippen molar-refractivity contribution < 1.29 is 4.79 Å². The number of carbonyl (C=O) groups is 1. The number of anilines is 1. The van der Waals surface area contributed by atoms with Crippen molar-refractivity contribution in [2.45, 2.75) is 0 Å². The van der Waals surface area contributed by atoms with Crippen LogP contribution in [0.15, 0.2) is 24.7 Å². The fourth-order valence-corrected chi connectivity index (χ4v) is 1.21. The first-order valence-electron chi connectivity index (χ1n) is 4.45. The smallest absolute Gasteiger partial charge is 0.260 e. The predicted octanol–water partition coefficient (Wildman–Crippen LogP) is 0.406. The summed E-state index contributed by atoms with van der Waals surface area (Å²) in [5, 5.41) is 10.6. The fraction of sp³-hybridized carbons (Fsp3) is 0.222. The Bertz CT molecular complexity index is 484. The van der Waals surface area contributed by atoms with Gasteiger partial charge in [-0.1, -0.05) is 0 Å². The fourth-order valence-electron chi connectivity index (χ4n) is 1.21. The number of amides is 1. The topological polar surface area (TPSA) is 64.7 Å². The monoisotopic (exact) mass is 205 g/mol. The van der Waals surface area contributed by atoms with Gasteiger partial charge < -0.3 is 5.32 Å². The number of hydrogen-bond donors (Lipinski definition) is 1. The van der Waals surface area contributed by atoms with E-state index in [1.165, 1.54) is 6.20 Å². The number of nitrogens with one attached hydrogen (secondary N) is 1. The molecule has 0 saturated heterocycles. The summed E-state index contributed by atoms with van der Waals surface area (Å²) < 4.78 is 3.20. The van der Waals surface area contributed by atoms with E-state index in [0.717, 1.165) is 0 Å². The molecular formula is C9H11N5O. The standard InChI is InChI=1S/C9H11N5O/c1-13-4-3-8(12-13)11-9(15)7-5-10-14(2)6-7/h3-6H,1-2H3,(H,11,12,15). The highest BCUT2D eigenvalue weighted by molar-refractivity contribution is 6.03. The van der Waals surface area contributed by atoms with E-state index in [1.54, 1.807) is 41.9 Å². The average Bonchev–Trinajstić information content (AvgIpc) is 2.75. The Morgan fingerprint density at radius 1 is 1.40 bits per heavy atom. The molecule has 0 atom stereocenters. The molecule has 0 radical (unpaired) electrons. The van der Waals surface area contributed by atoms with Crippen molar-refractivity contribution in [1.82, 2.24) is 19.6 Å². The summed E-state index contributed by atoms with van der Waals surface area (Å²) in [6.07, 6.45) is 4.93. The SMILES string of the molecule is Cn1cc(C(=O)Nc2ccn(C)n2)cn1. The molecule has 0 fully saturated rings. The Labute approximate surface area is 86.5 Å². The maximum Gasteiger partial charge on any atom is 0.260 e. The zero-order chi connectivity index (χ0) is 10.8. The van der Waals surface area contributed by atoms with Crippen LogP contribution in [-0.2, 0) is 14.1 Å². The van der Waals surface area contributed by atoms with Crippen molar-refractivity contribution in [1.29, 1.82) is 0 Å². The molecule has 1 N–H and O–H groups in total. The second-order valence-corrected chi connectivity index (χ2v) is 3.23. The first kappa shape index (κ1) is 9.45. The van der Waals surface area contributed by atoms with E-state index in [4.69, 9.17) is 0 Å². The Kier molecular flexibility index (Phi) is 2.24. The Morgan fingerprint density at radius 3 is 2.73 bits per heavy atom. The maximum absolute atomic E-state index is 11.6. The Morgan fingerprint density at radius 2 is 2.20 bits per heavy atom. The molecule has 0 saturated carbocycles. The van der Waals surface area contributed by atoms with Gasteiger partial charge in [0.15, 0.2) is 5.82 Å². The molecule has 2 aromatic rings. The minimum absolute atomic E-state index is 0.207. The van der Waals surface area contributed by atoms with Gasteiger partial charge in [0, 0.05) is 32.6 Å². The van der Waals surface area contributed by atoms with E-state index in [9.17, 15) is 4.79 Å². The van der Waals surface area contributed by atoms with E-state index in [2.05, 4.69) is 15.5 Å². The largest absolute Gasteiger partial charge is 0.305 e. The number of rotatable bonds is 2. The number of hydrogen-bond acceptors (Lipinski definition) is 3. The van der Waals surface area contributed by atoms with Crippen molar-refractivity contribution >= 4 is 11.7 Å². The predicted molar refractivity (Wildman–Crippen MR) is 54.4 cm³/mol. The number of aryl methyl sites for hydroxylation is 2. The third-order valence-electron chi connectivity index (χ3n) is 1.92. The molecule has 78 valence electrons. The molecule has 2 aromatic heterocycles. The van der Waals surface area contributed by atoms with Crippen LogP contribution in [0.2, 0.25) is 0 Å². The molecule has 0 unspecified atom stereocenters. The summed E-state index contributed by atoms with van der Waals surface area (Å²) in [7, 11) is 3.55. The number of nitrogens with zero attached hydrogens (tertiary/aromatic N) is 4. The van der Waals surface area contributed by atoms with Gasteiger partial charge in [-0.2, -0.15) is 10.2 Å². The summed E-state index contributed by atoms with van der Waals surface area (Å²) in [5.41, 5.74) is 0.517. The minimum Gasteiger partial charge on any atom is -0.305 e. The van der Waals surface area contributed by atoms with Gasteiger partial charge in [0.05, 0.1) is 11.8 Å². The van der Waals surface area contributed by atoms with Crippen molar-refractivity contribution in [3.8, 4) is 0 Å². The lowest BCUT2D eigenvalue weighted by Crippen LogP contribution is -2.11. The summed E-state index contributed by atoms with van der Waals surface area (Å²) in [6.45, 7) is 0. The zero-order valence-electron chi connectivity index (χ0n) is 8.51. The van der Waals surface area contributed by atoms with Gasteiger partial charge in [0.1, 0.15) is 0 Å². The van der Waals surface area contributed by atoms with Gasteiger partial charge in [-0.15, -0.1) is 0 Å². The molecule has 1 amide bonds. The van der Waals surface area contributed by atoms with Crippen LogP contribution in [0.5, 0.6) is 0 Å². The molecule has 0 aromatic carbocycles. The number of carbonyl (C=O) groups excluding carboxylic acids is 1. The van der Waals surface area contributed by atoms with Crippen LogP contribution >= 0.6 is 0 Å². The van der Waals surface area contributed by atoms with E-state index >= 15 is 0 Å². The van der Waals surface area contributed by atoms with Crippen LogP contribution < -0.4 is 5.32 Å². The molecule has 0 aliphatic carbocycles. The average molecular weight is 205 g/mol. The summed E-state index contributed by atoms with van der Waals surface area (Å²) in [6, 6.07) is 1.73. The van der Waals surface area contributed by atoms with Gasteiger partial charge >= 0.3 is 0 Å². The second-order valence-electron chi connectivity index (χ2n) is 3.23. The van der Waals surface area contributed by atoms with Crippen LogP contribution in [0.25, 0.3) is 0 Å². The highest BCUT2D eigenvalue weighted by Crippen LogP contribution is 2.04. The molecular weight excluding hydrogens is 194 g/mol. The highest BCUT2D eigenvalue weighted by Gasteiger charge is 2.08. The zero-order valence-corrected chi connectivity index (χ0v) is 8.51. The van der Waals surface area contributed by atoms with Crippen LogP contribution in [0, 0.1) is 0 Å². The van der Waals surface area contributed by atoms with Crippen LogP contribution in [0.4, 0.5) is 5.82 Å². The van der Waals surface area contributed by atoms with E-state index in [-0.39, 0.29) is 5.91 Å². The van der Waals surface area contributed by atoms with Crippen molar-refractivity contribution in [3.63, 3.8) is 0 Å². The van der Waals surface area contributed by atoms with Gasteiger partial charge in [0.2, 0.25) is 0 Å². The van der Waals surface area contributed by atoms with Gasteiger partial charge in [-0.05, 0) is 0 Å². The Hall–Kier alpha value is -2.11. The molecule has 6 heteroatoms. The van der Waals surface area contributed by atoms with Crippen LogP contribution in [0.3, 0.4) is 0 Å². The van der Waals surface area contributed by atoms with Gasteiger partial charge in [0.25, 0.3) is 5.91 Å².